The maximum atomic E-state index is 12.7. The van der Waals surface area contributed by atoms with Gasteiger partial charge in [-0.3, -0.25) is 0 Å². The number of nitrogens with zero attached hydrogens (tertiary/aromatic N) is 5. The molecule has 0 radical (unpaired) electrons. The van der Waals surface area contributed by atoms with Crippen LogP contribution in [0.25, 0.3) is 33.4 Å². The highest BCUT2D eigenvalue weighted by Crippen LogP contribution is 2.34. The zero-order valence-electron chi connectivity index (χ0n) is 19.8. The van der Waals surface area contributed by atoms with Crippen molar-refractivity contribution < 1.29 is 9.53 Å². The monoisotopic (exact) mass is 466 g/mol. The van der Waals surface area contributed by atoms with Crippen LogP contribution >= 0.6 is 0 Å². The number of hydrogen-bond donors (Lipinski definition) is 1. The van der Waals surface area contributed by atoms with Crippen molar-refractivity contribution >= 4 is 22.8 Å². The molecule has 0 bridgehead atoms. The number of anilines is 1. The molecule has 0 aliphatic rings. The van der Waals surface area contributed by atoms with Crippen LogP contribution < -0.4 is 5.73 Å². The van der Waals surface area contributed by atoms with Crippen LogP contribution in [0.3, 0.4) is 0 Å². The normalized spacial score (nSPS) is 11.6. The minimum atomic E-state index is -0.647. The Hall–Kier alpha value is -4.46. The molecule has 0 saturated heterocycles. The number of ether oxygens (including phenoxy) is 1. The summed E-state index contributed by atoms with van der Waals surface area (Å²) in [6.07, 6.45) is -0.578. The molecule has 176 valence electrons. The van der Waals surface area contributed by atoms with Gasteiger partial charge in [0.25, 0.3) is 0 Å². The number of benzene rings is 3. The molecule has 0 saturated carbocycles. The highest BCUT2D eigenvalue weighted by Gasteiger charge is 2.23. The van der Waals surface area contributed by atoms with Gasteiger partial charge in [-0.1, -0.05) is 71.9 Å². The van der Waals surface area contributed by atoms with Crippen LogP contribution in [0, 0.1) is 0 Å². The molecule has 0 fully saturated rings. The van der Waals surface area contributed by atoms with Crippen LogP contribution in [0.4, 0.5) is 10.6 Å². The third-order valence-electron chi connectivity index (χ3n) is 5.51. The molecule has 5 aromatic rings. The Kier molecular flexibility index (Phi) is 5.56. The lowest BCUT2D eigenvalue weighted by molar-refractivity contribution is 0.0523. The molecule has 0 amide bonds. The van der Waals surface area contributed by atoms with Gasteiger partial charge in [0.15, 0.2) is 5.82 Å². The number of rotatable bonds is 4. The van der Waals surface area contributed by atoms with Crippen molar-refractivity contribution in [3.63, 3.8) is 0 Å². The Morgan fingerprint density at radius 3 is 2.31 bits per heavy atom. The van der Waals surface area contributed by atoms with E-state index in [9.17, 15) is 4.79 Å². The van der Waals surface area contributed by atoms with Gasteiger partial charge in [-0.2, -0.15) is 4.68 Å². The van der Waals surface area contributed by atoms with Crippen molar-refractivity contribution in [1.29, 1.82) is 0 Å². The number of hydrogen-bond acceptors (Lipinski definition) is 6. The topological polar surface area (TPSA) is 101 Å². The zero-order chi connectivity index (χ0) is 24.6. The highest BCUT2D eigenvalue weighted by molar-refractivity contribution is 5.97. The summed E-state index contributed by atoms with van der Waals surface area (Å²) in [4.78, 5) is 12.7. The maximum absolute atomic E-state index is 12.7. The fourth-order valence-electron chi connectivity index (χ4n) is 3.99. The summed E-state index contributed by atoms with van der Waals surface area (Å²) < 4.78 is 8.58. The maximum Gasteiger partial charge on any atom is 0.435 e. The van der Waals surface area contributed by atoms with E-state index < -0.39 is 11.7 Å². The Morgan fingerprint density at radius 1 is 0.943 bits per heavy atom. The number of carbonyl (C=O) groups excluding carboxylic acids is 1. The molecule has 8 heteroatoms. The molecule has 0 aliphatic carbocycles. The van der Waals surface area contributed by atoms with Crippen molar-refractivity contribution in [2.75, 3.05) is 5.73 Å². The number of fused-ring (bicyclic) bond motifs is 1. The van der Waals surface area contributed by atoms with E-state index >= 15 is 0 Å². The molecule has 8 nitrogen and oxygen atoms in total. The summed E-state index contributed by atoms with van der Waals surface area (Å²) in [6.45, 7) is 6.00. The summed E-state index contributed by atoms with van der Waals surface area (Å²) >= 11 is 0. The van der Waals surface area contributed by atoms with E-state index in [1.807, 2.05) is 92.2 Å². The predicted molar refractivity (Wildman–Crippen MR) is 136 cm³/mol. The van der Waals surface area contributed by atoms with Gasteiger partial charge in [0, 0.05) is 16.5 Å². The lowest BCUT2D eigenvalue weighted by atomic mass is 10.0. The summed E-state index contributed by atoms with van der Waals surface area (Å²) in [6, 6.07) is 25.8. The Labute approximate surface area is 202 Å². The van der Waals surface area contributed by atoms with Crippen LogP contribution in [0.5, 0.6) is 0 Å². The quantitative estimate of drug-likeness (QED) is 0.382. The van der Waals surface area contributed by atoms with Crippen LogP contribution in [0.1, 0.15) is 26.3 Å². The first-order valence-electron chi connectivity index (χ1n) is 11.3. The molecule has 0 spiro atoms. The second kappa shape index (κ2) is 8.72. The van der Waals surface area contributed by atoms with Gasteiger partial charge in [0.1, 0.15) is 11.3 Å². The highest BCUT2D eigenvalue weighted by atomic mass is 16.6. The van der Waals surface area contributed by atoms with E-state index in [1.165, 1.54) is 4.68 Å². The van der Waals surface area contributed by atoms with Crippen molar-refractivity contribution in [2.24, 2.45) is 0 Å². The summed E-state index contributed by atoms with van der Waals surface area (Å²) in [7, 11) is 0. The van der Waals surface area contributed by atoms with Gasteiger partial charge in [-0.05, 0) is 38.5 Å². The van der Waals surface area contributed by atoms with E-state index in [0.717, 1.165) is 28.1 Å². The molecule has 3 aromatic carbocycles. The van der Waals surface area contributed by atoms with Crippen LogP contribution in [0.15, 0.2) is 78.9 Å². The zero-order valence-corrected chi connectivity index (χ0v) is 19.8. The van der Waals surface area contributed by atoms with E-state index in [-0.39, 0.29) is 5.82 Å². The molecular formula is C27H26N6O2. The number of nitrogen functional groups attached to an aromatic ring is 1. The van der Waals surface area contributed by atoms with Gasteiger partial charge in [0.2, 0.25) is 0 Å². The summed E-state index contributed by atoms with van der Waals surface area (Å²) in [5, 5.41) is 13.9. The minimum absolute atomic E-state index is 0.241. The average Bonchev–Trinajstić information content (AvgIpc) is 3.40. The van der Waals surface area contributed by atoms with Crippen molar-refractivity contribution in [3.05, 3.63) is 84.4 Å². The third-order valence-corrected chi connectivity index (χ3v) is 5.51. The van der Waals surface area contributed by atoms with Gasteiger partial charge >= 0.3 is 6.09 Å². The Morgan fingerprint density at radius 2 is 1.63 bits per heavy atom. The molecule has 35 heavy (non-hydrogen) atoms. The number of nitrogens with two attached hydrogens (primary N) is 1. The molecule has 2 heterocycles. The largest absolute Gasteiger partial charge is 0.442 e. The summed E-state index contributed by atoms with van der Waals surface area (Å²) in [5.74, 6) is 0.241. The van der Waals surface area contributed by atoms with Crippen molar-refractivity contribution in [1.82, 2.24) is 24.8 Å². The lowest BCUT2D eigenvalue weighted by Crippen LogP contribution is -2.27. The van der Waals surface area contributed by atoms with Gasteiger partial charge in [-0.25, -0.2) is 9.48 Å². The van der Waals surface area contributed by atoms with E-state index in [1.54, 1.807) is 0 Å². The first-order valence-corrected chi connectivity index (χ1v) is 11.3. The van der Waals surface area contributed by atoms with Crippen LogP contribution in [0.2, 0.25) is 0 Å². The molecule has 0 atom stereocenters. The van der Waals surface area contributed by atoms with E-state index in [2.05, 4.69) is 27.5 Å². The fourth-order valence-corrected chi connectivity index (χ4v) is 3.99. The SMILES string of the molecule is CC(C)(C)OC(=O)n1nc(N)c2cc(-c3nnn(Cc4ccccc4)c3-c3ccccc3)ccc21. The van der Waals surface area contributed by atoms with Gasteiger partial charge < -0.3 is 10.5 Å². The average molecular weight is 467 g/mol. The third kappa shape index (κ3) is 4.50. The van der Waals surface area contributed by atoms with Gasteiger partial charge in [-0.15, -0.1) is 10.2 Å². The van der Waals surface area contributed by atoms with Crippen LogP contribution in [-0.4, -0.2) is 36.5 Å². The lowest BCUT2D eigenvalue weighted by Gasteiger charge is -2.19. The Balaban J connectivity index is 1.60. The predicted octanol–water partition coefficient (Wildman–Crippen LogP) is 5.38. The standard InChI is InChI=1S/C27H26N6O2/c1-27(2,3)35-26(34)33-22-15-14-20(16-21(22)25(28)30-33)23-24(19-12-8-5-9-13-19)32(31-29-23)17-18-10-6-4-7-11-18/h4-16H,17H2,1-3H3,(H2,28,30). The van der Waals surface area contributed by atoms with E-state index in [0.29, 0.717) is 17.4 Å². The molecular weight excluding hydrogens is 440 g/mol. The molecule has 2 aromatic heterocycles. The number of carbonyl (C=O) groups is 1. The first kappa shape index (κ1) is 22.3. The van der Waals surface area contributed by atoms with Crippen molar-refractivity contribution in [3.8, 4) is 22.5 Å². The number of aromatic nitrogens is 5. The van der Waals surface area contributed by atoms with Crippen molar-refractivity contribution in [2.45, 2.75) is 32.9 Å². The van der Waals surface area contributed by atoms with E-state index in [4.69, 9.17) is 10.5 Å². The molecule has 0 unspecified atom stereocenters. The minimum Gasteiger partial charge on any atom is -0.442 e. The fraction of sp³-hybridized carbons (Fsp3) is 0.185. The first-order chi connectivity index (χ1) is 16.8. The summed E-state index contributed by atoms with van der Waals surface area (Å²) in [5.41, 5.74) is 10.7. The molecule has 2 N–H and O–H groups in total. The second-order valence-corrected chi connectivity index (χ2v) is 9.31. The van der Waals surface area contributed by atoms with Crippen LogP contribution in [-0.2, 0) is 11.3 Å². The smallest absolute Gasteiger partial charge is 0.435 e. The second-order valence-electron chi connectivity index (χ2n) is 9.31. The Bertz CT molecular complexity index is 1500. The molecule has 5 rings (SSSR count). The van der Waals surface area contributed by atoms with Gasteiger partial charge in [0.05, 0.1) is 17.8 Å². The molecule has 0 aliphatic heterocycles.